The van der Waals surface area contributed by atoms with Crippen LogP contribution < -0.4 is 9.03 Å². The molecule has 0 bridgehead atoms. The Kier molecular flexibility index (Phi) is 5.06. The smallest absolute Gasteiger partial charge is 0.264 e. The average Bonchev–Trinajstić information content (AvgIpc) is 2.74. The van der Waals surface area contributed by atoms with Crippen LogP contribution in [0.2, 0.25) is 0 Å². The Morgan fingerprint density at radius 3 is 2.03 bits per heavy atom. The van der Waals surface area contributed by atoms with Gasteiger partial charge in [0.2, 0.25) is 0 Å². The standard InChI is InChI=1S/C21H20N2O4S2/c24-28(25,19-9-3-1-4-10-19)22-18-13-14-21-17(16-18)8-7-15-23(21)29(26,27)20-11-5-2-6-12-20/h1-6,9-14,16,22H,7-8,15H2. The van der Waals surface area contributed by atoms with E-state index in [2.05, 4.69) is 4.72 Å². The normalized spacial score (nSPS) is 14.3. The van der Waals surface area contributed by atoms with Gasteiger partial charge in [0.05, 0.1) is 15.5 Å². The Morgan fingerprint density at radius 2 is 1.38 bits per heavy atom. The van der Waals surface area contributed by atoms with E-state index in [0.29, 0.717) is 30.8 Å². The van der Waals surface area contributed by atoms with Gasteiger partial charge >= 0.3 is 0 Å². The van der Waals surface area contributed by atoms with Crippen molar-refractivity contribution >= 4 is 31.4 Å². The number of sulfonamides is 2. The number of anilines is 2. The first-order valence-electron chi connectivity index (χ1n) is 9.16. The zero-order valence-electron chi connectivity index (χ0n) is 15.5. The molecular weight excluding hydrogens is 408 g/mol. The maximum absolute atomic E-state index is 13.1. The molecule has 0 unspecified atom stereocenters. The summed E-state index contributed by atoms with van der Waals surface area (Å²) in [7, 11) is -7.38. The Morgan fingerprint density at radius 1 is 0.759 bits per heavy atom. The predicted molar refractivity (Wildman–Crippen MR) is 113 cm³/mol. The zero-order valence-corrected chi connectivity index (χ0v) is 17.2. The van der Waals surface area contributed by atoms with E-state index < -0.39 is 20.0 Å². The quantitative estimate of drug-likeness (QED) is 0.673. The van der Waals surface area contributed by atoms with E-state index in [9.17, 15) is 16.8 Å². The SMILES string of the molecule is O=S(=O)(Nc1ccc2c(c1)CCCN2S(=O)(=O)c1ccccc1)c1ccccc1. The number of nitrogens with zero attached hydrogens (tertiary/aromatic N) is 1. The van der Waals surface area contributed by atoms with Crippen molar-refractivity contribution in [3.05, 3.63) is 84.4 Å². The van der Waals surface area contributed by atoms with Gasteiger partial charge in [0.1, 0.15) is 0 Å². The number of benzene rings is 3. The van der Waals surface area contributed by atoms with Crippen molar-refractivity contribution in [1.29, 1.82) is 0 Å². The number of rotatable bonds is 5. The lowest BCUT2D eigenvalue weighted by molar-refractivity contribution is 0.586. The Labute approximate surface area is 170 Å². The molecule has 0 radical (unpaired) electrons. The molecule has 6 nitrogen and oxygen atoms in total. The largest absolute Gasteiger partial charge is 0.280 e. The molecule has 0 spiro atoms. The van der Waals surface area contributed by atoms with Gasteiger partial charge in [0.15, 0.2) is 0 Å². The number of fused-ring (bicyclic) bond motifs is 1. The third-order valence-electron chi connectivity index (χ3n) is 4.79. The van der Waals surface area contributed by atoms with Gasteiger partial charge < -0.3 is 0 Å². The van der Waals surface area contributed by atoms with Crippen LogP contribution in [-0.2, 0) is 26.5 Å². The third-order valence-corrected chi connectivity index (χ3v) is 8.02. The van der Waals surface area contributed by atoms with Crippen molar-refractivity contribution in [3.63, 3.8) is 0 Å². The number of aryl methyl sites for hydroxylation is 1. The fraction of sp³-hybridized carbons (Fsp3) is 0.143. The Hall–Kier alpha value is -2.84. The molecule has 1 aliphatic rings. The highest BCUT2D eigenvalue weighted by Gasteiger charge is 2.29. The second-order valence-corrected chi connectivity index (χ2v) is 10.3. The van der Waals surface area contributed by atoms with Gasteiger partial charge in [-0.05, 0) is 60.9 Å². The van der Waals surface area contributed by atoms with Crippen molar-refractivity contribution in [2.75, 3.05) is 15.6 Å². The summed E-state index contributed by atoms with van der Waals surface area (Å²) in [6.45, 7) is 0.388. The van der Waals surface area contributed by atoms with E-state index in [1.807, 2.05) is 0 Å². The molecule has 29 heavy (non-hydrogen) atoms. The van der Waals surface area contributed by atoms with E-state index >= 15 is 0 Å². The lowest BCUT2D eigenvalue weighted by atomic mass is 10.0. The summed E-state index contributed by atoms with van der Waals surface area (Å²) in [4.78, 5) is 0.410. The second-order valence-electron chi connectivity index (χ2n) is 6.76. The molecule has 150 valence electrons. The summed E-state index contributed by atoms with van der Waals surface area (Å²) < 4.78 is 55.2. The molecule has 0 fully saturated rings. The van der Waals surface area contributed by atoms with Crippen molar-refractivity contribution < 1.29 is 16.8 Å². The lowest BCUT2D eigenvalue weighted by Crippen LogP contribution is -2.35. The van der Waals surface area contributed by atoms with Gasteiger partial charge in [0.25, 0.3) is 20.0 Å². The van der Waals surface area contributed by atoms with E-state index in [-0.39, 0.29) is 9.79 Å². The van der Waals surface area contributed by atoms with Crippen molar-refractivity contribution in [1.82, 2.24) is 0 Å². The molecule has 0 aromatic heterocycles. The zero-order chi connectivity index (χ0) is 20.5. The van der Waals surface area contributed by atoms with Crippen LogP contribution >= 0.6 is 0 Å². The van der Waals surface area contributed by atoms with Crippen molar-refractivity contribution in [2.24, 2.45) is 0 Å². The molecule has 0 saturated heterocycles. The average molecular weight is 429 g/mol. The van der Waals surface area contributed by atoms with Crippen LogP contribution in [0.5, 0.6) is 0 Å². The van der Waals surface area contributed by atoms with E-state index in [0.717, 1.165) is 5.56 Å². The van der Waals surface area contributed by atoms with Gasteiger partial charge in [-0.3, -0.25) is 9.03 Å². The monoisotopic (exact) mass is 428 g/mol. The Balaban J connectivity index is 1.66. The van der Waals surface area contributed by atoms with E-state index in [1.165, 1.54) is 16.4 Å². The summed E-state index contributed by atoms with van der Waals surface area (Å²) in [5, 5.41) is 0. The molecule has 1 aliphatic heterocycles. The summed E-state index contributed by atoms with van der Waals surface area (Å²) in [6.07, 6.45) is 1.34. The minimum absolute atomic E-state index is 0.172. The van der Waals surface area contributed by atoms with Crippen LogP contribution in [-0.4, -0.2) is 23.4 Å². The van der Waals surface area contributed by atoms with Crippen LogP contribution in [0.25, 0.3) is 0 Å². The van der Waals surface area contributed by atoms with Crippen LogP contribution in [0.1, 0.15) is 12.0 Å². The first-order valence-corrected chi connectivity index (χ1v) is 12.1. The molecule has 8 heteroatoms. The minimum Gasteiger partial charge on any atom is -0.280 e. The van der Waals surface area contributed by atoms with Crippen LogP contribution in [0, 0.1) is 0 Å². The van der Waals surface area contributed by atoms with Crippen molar-refractivity contribution in [2.45, 2.75) is 22.6 Å². The minimum atomic E-state index is -3.71. The van der Waals surface area contributed by atoms with Crippen LogP contribution in [0.15, 0.2) is 88.7 Å². The topological polar surface area (TPSA) is 83.6 Å². The van der Waals surface area contributed by atoms with Crippen LogP contribution in [0.4, 0.5) is 11.4 Å². The molecular formula is C21H20N2O4S2. The van der Waals surface area contributed by atoms with Gasteiger partial charge in [0, 0.05) is 12.2 Å². The van der Waals surface area contributed by atoms with Gasteiger partial charge in [-0.1, -0.05) is 36.4 Å². The summed E-state index contributed by atoms with van der Waals surface area (Å²) in [5.41, 5.74) is 1.79. The predicted octanol–water partition coefficient (Wildman–Crippen LogP) is 3.63. The number of hydrogen-bond donors (Lipinski definition) is 1. The maximum Gasteiger partial charge on any atom is 0.264 e. The molecule has 0 aliphatic carbocycles. The summed E-state index contributed by atoms with van der Waals surface area (Å²) >= 11 is 0. The highest BCUT2D eigenvalue weighted by Crippen LogP contribution is 2.34. The lowest BCUT2D eigenvalue weighted by Gasteiger charge is -2.31. The second kappa shape index (κ2) is 7.53. The highest BCUT2D eigenvalue weighted by atomic mass is 32.2. The summed E-state index contributed by atoms with van der Waals surface area (Å²) in [5.74, 6) is 0. The molecule has 3 aromatic carbocycles. The molecule has 1 heterocycles. The molecule has 0 amide bonds. The molecule has 0 atom stereocenters. The third kappa shape index (κ3) is 3.86. The fourth-order valence-corrected chi connectivity index (χ4v) is 6.04. The van der Waals surface area contributed by atoms with E-state index in [1.54, 1.807) is 66.7 Å². The van der Waals surface area contributed by atoms with Gasteiger partial charge in [-0.25, -0.2) is 16.8 Å². The molecule has 4 rings (SSSR count). The first-order chi connectivity index (χ1) is 13.9. The highest BCUT2D eigenvalue weighted by molar-refractivity contribution is 7.93. The molecule has 3 aromatic rings. The maximum atomic E-state index is 13.1. The number of nitrogens with one attached hydrogen (secondary N) is 1. The first kappa shape index (κ1) is 19.5. The Bertz CT molecular complexity index is 1230. The van der Waals surface area contributed by atoms with E-state index in [4.69, 9.17) is 0 Å². The number of hydrogen-bond acceptors (Lipinski definition) is 4. The molecule has 0 saturated carbocycles. The van der Waals surface area contributed by atoms with Crippen LogP contribution in [0.3, 0.4) is 0 Å². The summed E-state index contributed by atoms with van der Waals surface area (Å²) in [6, 6.07) is 21.4. The fourth-order valence-electron chi connectivity index (χ4n) is 3.41. The molecule has 1 N–H and O–H groups in total. The van der Waals surface area contributed by atoms with Gasteiger partial charge in [-0.15, -0.1) is 0 Å². The van der Waals surface area contributed by atoms with Gasteiger partial charge in [-0.2, -0.15) is 0 Å². The van der Waals surface area contributed by atoms with Crippen molar-refractivity contribution in [3.8, 4) is 0 Å².